The lowest BCUT2D eigenvalue weighted by Gasteiger charge is -2.28. The number of hydrogen-bond donors (Lipinski definition) is 1. The number of nitrogens with zero attached hydrogens (tertiary/aromatic N) is 1. The third kappa shape index (κ3) is 3.92. The van der Waals surface area contributed by atoms with Gasteiger partial charge in [0.15, 0.2) is 0 Å². The molecule has 1 heterocycles. The minimum absolute atomic E-state index is 0.0858. The maximum atomic E-state index is 11.0. The molecule has 2 atom stereocenters. The van der Waals surface area contributed by atoms with E-state index in [-0.39, 0.29) is 5.92 Å². The van der Waals surface area contributed by atoms with Crippen LogP contribution in [-0.2, 0) is 0 Å². The van der Waals surface area contributed by atoms with E-state index in [9.17, 15) is 5.11 Å². The van der Waals surface area contributed by atoms with Crippen molar-refractivity contribution < 1.29 is 9.84 Å². The Hall–Kier alpha value is -1.84. The van der Waals surface area contributed by atoms with Gasteiger partial charge in [0.25, 0.3) is 0 Å². The van der Waals surface area contributed by atoms with Crippen LogP contribution in [0.5, 0.6) is 5.75 Å². The van der Waals surface area contributed by atoms with Crippen molar-refractivity contribution >= 4 is 0 Å². The van der Waals surface area contributed by atoms with Crippen molar-refractivity contribution in [3.05, 3.63) is 65.7 Å². The van der Waals surface area contributed by atoms with Gasteiger partial charge in [-0.1, -0.05) is 42.5 Å². The van der Waals surface area contributed by atoms with Gasteiger partial charge in [-0.15, -0.1) is 0 Å². The Kier molecular flexibility index (Phi) is 5.31. The maximum absolute atomic E-state index is 11.0. The summed E-state index contributed by atoms with van der Waals surface area (Å²) in [5.74, 6) is 0.902. The molecule has 3 heteroatoms. The van der Waals surface area contributed by atoms with E-state index in [4.69, 9.17) is 4.74 Å². The van der Waals surface area contributed by atoms with Gasteiger partial charge in [0.1, 0.15) is 5.75 Å². The minimum atomic E-state index is -0.510. The molecule has 2 aromatic carbocycles. The molecule has 0 saturated carbocycles. The average Bonchev–Trinajstić information content (AvgIpc) is 3.13. The monoisotopic (exact) mass is 311 g/mol. The van der Waals surface area contributed by atoms with Crippen molar-refractivity contribution in [3.8, 4) is 5.75 Å². The molecule has 0 unspecified atom stereocenters. The second-order valence-electron chi connectivity index (χ2n) is 6.24. The number of methoxy groups -OCH3 is 1. The van der Waals surface area contributed by atoms with Gasteiger partial charge in [0, 0.05) is 12.5 Å². The first-order valence-electron chi connectivity index (χ1n) is 8.37. The summed E-state index contributed by atoms with van der Waals surface area (Å²) in [5, 5.41) is 11.0. The first kappa shape index (κ1) is 16.0. The summed E-state index contributed by atoms with van der Waals surface area (Å²) < 4.78 is 5.21. The number of likely N-dealkylation sites (tertiary alicyclic amines) is 1. The normalized spacial score (nSPS) is 17.8. The standard InChI is InChI=1S/C20H25NO2/c1-23-18-11-9-17(10-12-18)20(22)19(15-21-13-5-6-14-21)16-7-3-2-4-8-16/h2-4,7-12,19-20,22H,5-6,13-15H2,1H3/t19-,20-/m1/s1. The molecular weight excluding hydrogens is 286 g/mol. The Balaban J connectivity index is 1.83. The molecule has 0 radical (unpaired) electrons. The summed E-state index contributed by atoms with van der Waals surface area (Å²) in [6.45, 7) is 3.18. The Labute approximate surface area is 138 Å². The molecule has 0 aliphatic carbocycles. The van der Waals surface area contributed by atoms with E-state index in [2.05, 4.69) is 17.0 Å². The highest BCUT2D eigenvalue weighted by molar-refractivity contribution is 5.32. The summed E-state index contributed by atoms with van der Waals surface area (Å²) >= 11 is 0. The van der Waals surface area contributed by atoms with Crippen LogP contribution in [0.15, 0.2) is 54.6 Å². The smallest absolute Gasteiger partial charge is 0.118 e. The van der Waals surface area contributed by atoms with E-state index in [1.807, 2.05) is 42.5 Å². The van der Waals surface area contributed by atoms with Crippen LogP contribution in [0, 0.1) is 0 Å². The largest absolute Gasteiger partial charge is 0.497 e. The van der Waals surface area contributed by atoms with Gasteiger partial charge in [-0.25, -0.2) is 0 Å². The molecule has 2 aromatic rings. The van der Waals surface area contributed by atoms with Crippen LogP contribution in [-0.4, -0.2) is 36.8 Å². The lowest BCUT2D eigenvalue weighted by Crippen LogP contribution is -2.29. The van der Waals surface area contributed by atoms with E-state index in [1.165, 1.54) is 18.4 Å². The zero-order valence-corrected chi connectivity index (χ0v) is 13.7. The van der Waals surface area contributed by atoms with Crippen LogP contribution in [0.25, 0.3) is 0 Å². The fraction of sp³-hybridized carbons (Fsp3) is 0.400. The summed E-state index contributed by atoms with van der Waals surface area (Å²) in [6.07, 6.45) is 2.02. The number of aliphatic hydroxyl groups is 1. The van der Waals surface area contributed by atoms with Crippen molar-refractivity contribution in [2.24, 2.45) is 0 Å². The van der Waals surface area contributed by atoms with Crippen molar-refractivity contribution in [3.63, 3.8) is 0 Å². The van der Waals surface area contributed by atoms with Crippen molar-refractivity contribution in [1.29, 1.82) is 0 Å². The molecule has 3 rings (SSSR count). The molecule has 0 amide bonds. The first-order valence-corrected chi connectivity index (χ1v) is 8.37. The predicted molar refractivity (Wildman–Crippen MR) is 92.8 cm³/mol. The van der Waals surface area contributed by atoms with E-state index >= 15 is 0 Å². The number of hydrogen-bond acceptors (Lipinski definition) is 3. The van der Waals surface area contributed by atoms with Crippen LogP contribution >= 0.6 is 0 Å². The molecule has 1 aliphatic heterocycles. The molecule has 1 fully saturated rings. The van der Waals surface area contributed by atoms with Crippen molar-refractivity contribution in [2.75, 3.05) is 26.7 Å². The van der Waals surface area contributed by atoms with Crippen LogP contribution in [0.2, 0.25) is 0 Å². The number of ether oxygens (including phenoxy) is 1. The van der Waals surface area contributed by atoms with Gasteiger partial charge in [0.05, 0.1) is 13.2 Å². The molecule has 23 heavy (non-hydrogen) atoms. The van der Waals surface area contributed by atoms with Gasteiger partial charge >= 0.3 is 0 Å². The molecule has 1 N–H and O–H groups in total. The molecule has 1 saturated heterocycles. The second kappa shape index (κ2) is 7.62. The topological polar surface area (TPSA) is 32.7 Å². The summed E-state index contributed by atoms with van der Waals surface area (Å²) in [6, 6.07) is 18.1. The number of benzene rings is 2. The van der Waals surface area contributed by atoms with Crippen LogP contribution < -0.4 is 4.74 Å². The molecule has 122 valence electrons. The minimum Gasteiger partial charge on any atom is -0.497 e. The Morgan fingerprint density at radius 3 is 2.22 bits per heavy atom. The van der Waals surface area contributed by atoms with E-state index in [1.54, 1.807) is 7.11 Å². The molecular formula is C20H25NO2. The highest BCUT2D eigenvalue weighted by Crippen LogP contribution is 2.33. The lowest BCUT2D eigenvalue weighted by atomic mass is 9.88. The second-order valence-corrected chi connectivity index (χ2v) is 6.24. The number of aliphatic hydroxyl groups excluding tert-OH is 1. The fourth-order valence-corrected chi connectivity index (χ4v) is 3.36. The highest BCUT2D eigenvalue weighted by Gasteiger charge is 2.26. The third-order valence-electron chi connectivity index (χ3n) is 4.72. The van der Waals surface area contributed by atoms with E-state index in [0.717, 1.165) is 30.9 Å². The summed E-state index contributed by atoms with van der Waals surface area (Å²) in [5.41, 5.74) is 2.14. The van der Waals surface area contributed by atoms with Crippen LogP contribution in [0.3, 0.4) is 0 Å². The molecule has 1 aliphatic rings. The van der Waals surface area contributed by atoms with Gasteiger partial charge in [-0.05, 0) is 49.2 Å². The third-order valence-corrected chi connectivity index (χ3v) is 4.72. The van der Waals surface area contributed by atoms with Crippen molar-refractivity contribution in [1.82, 2.24) is 4.90 Å². The first-order chi connectivity index (χ1) is 11.3. The van der Waals surface area contributed by atoms with Gasteiger partial charge in [-0.2, -0.15) is 0 Å². The zero-order chi connectivity index (χ0) is 16.1. The van der Waals surface area contributed by atoms with Crippen LogP contribution in [0.1, 0.15) is 36.0 Å². The van der Waals surface area contributed by atoms with E-state index in [0.29, 0.717) is 0 Å². The maximum Gasteiger partial charge on any atom is 0.118 e. The number of rotatable bonds is 6. The molecule has 0 aromatic heterocycles. The van der Waals surface area contributed by atoms with Gasteiger partial charge < -0.3 is 14.7 Å². The molecule has 3 nitrogen and oxygen atoms in total. The van der Waals surface area contributed by atoms with Crippen LogP contribution in [0.4, 0.5) is 0 Å². The lowest BCUT2D eigenvalue weighted by molar-refractivity contribution is 0.123. The SMILES string of the molecule is COc1ccc([C@@H](O)[C@H](CN2CCCC2)c2ccccc2)cc1. The highest BCUT2D eigenvalue weighted by atomic mass is 16.5. The average molecular weight is 311 g/mol. The quantitative estimate of drug-likeness (QED) is 0.884. The van der Waals surface area contributed by atoms with Crippen molar-refractivity contribution in [2.45, 2.75) is 24.9 Å². The van der Waals surface area contributed by atoms with Gasteiger partial charge in [0.2, 0.25) is 0 Å². The Morgan fingerprint density at radius 2 is 1.61 bits per heavy atom. The summed E-state index contributed by atoms with van der Waals surface area (Å²) in [4.78, 5) is 2.46. The molecule has 0 bridgehead atoms. The van der Waals surface area contributed by atoms with Gasteiger partial charge in [-0.3, -0.25) is 0 Å². The zero-order valence-electron chi connectivity index (χ0n) is 13.7. The Morgan fingerprint density at radius 1 is 0.957 bits per heavy atom. The predicted octanol–water partition coefficient (Wildman–Crippen LogP) is 3.61. The Bertz CT molecular complexity index is 591. The van der Waals surface area contributed by atoms with E-state index < -0.39 is 6.10 Å². The fourth-order valence-electron chi connectivity index (χ4n) is 3.36. The molecule has 0 spiro atoms. The summed E-state index contributed by atoms with van der Waals surface area (Å²) in [7, 11) is 1.66.